The maximum atomic E-state index is 10.8. The van der Waals surface area contributed by atoms with E-state index in [2.05, 4.69) is 20.3 Å². The molecule has 1 heterocycles. The normalized spacial score (nSPS) is 10.6. The first kappa shape index (κ1) is 13.9. The molecule has 0 unspecified atom stereocenters. The summed E-state index contributed by atoms with van der Waals surface area (Å²) in [6.45, 7) is 0.679. The van der Waals surface area contributed by atoms with Crippen molar-refractivity contribution < 1.29 is 14.3 Å². The Morgan fingerprint density at radius 2 is 2.05 bits per heavy atom. The second-order valence-electron chi connectivity index (χ2n) is 4.23. The number of aromatic nitrogens is 2. The molecule has 0 fully saturated rings. The fourth-order valence-corrected chi connectivity index (χ4v) is 1.87. The highest BCUT2D eigenvalue weighted by atomic mass is 16.6. The monoisotopic (exact) mass is 277 g/mol. The summed E-state index contributed by atoms with van der Waals surface area (Å²) in [4.78, 5) is 20.3. The number of nitrogens with one attached hydrogen (secondary N) is 1. The fraction of sp³-hybridized carbons (Fsp3) is 0.417. The molecule has 1 aromatic heterocycles. The van der Waals surface area contributed by atoms with Crippen molar-refractivity contribution in [2.75, 3.05) is 11.9 Å². The summed E-state index contributed by atoms with van der Waals surface area (Å²) < 4.78 is 4.57. The maximum absolute atomic E-state index is 10.8. The molecule has 0 aliphatic heterocycles. The van der Waals surface area contributed by atoms with Gasteiger partial charge in [-0.1, -0.05) is 6.42 Å². The molecule has 8 nitrogen and oxygen atoms in total. The van der Waals surface area contributed by atoms with Gasteiger partial charge < -0.3 is 5.32 Å². The van der Waals surface area contributed by atoms with Crippen LogP contribution in [0.4, 0.5) is 11.4 Å². The molecule has 1 N–H and O–H groups in total. The summed E-state index contributed by atoms with van der Waals surface area (Å²) >= 11 is 0. The first-order valence-electron chi connectivity index (χ1n) is 6.22. The van der Waals surface area contributed by atoms with Gasteiger partial charge >= 0.3 is 5.69 Å². The lowest BCUT2D eigenvalue weighted by atomic mass is 10.2. The smallest absolute Gasteiger partial charge is 0.300 e. The van der Waals surface area contributed by atoms with Crippen LogP contribution in [0, 0.1) is 10.1 Å². The van der Waals surface area contributed by atoms with E-state index >= 15 is 0 Å². The fourth-order valence-electron chi connectivity index (χ4n) is 1.87. The third-order valence-electron chi connectivity index (χ3n) is 2.86. The Labute approximate surface area is 114 Å². The number of non-ortho nitro benzene ring substituents is 1. The van der Waals surface area contributed by atoms with Crippen molar-refractivity contribution in [3.05, 3.63) is 22.2 Å². The van der Waals surface area contributed by atoms with E-state index in [1.807, 2.05) is 6.29 Å². The van der Waals surface area contributed by atoms with Crippen molar-refractivity contribution in [1.82, 2.24) is 10.3 Å². The van der Waals surface area contributed by atoms with Crippen LogP contribution in [0.3, 0.4) is 0 Å². The van der Waals surface area contributed by atoms with Crippen LogP contribution in [0.2, 0.25) is 0 Å². The van der Waals surface area contributed by atoms with Gasteiger partial charge in [-0.2, -0.15) is 0 Å². The van der Waals surface area contributed by atoms with E-state index in [0.29, 0.717) is 24.2 Å². The van der Waals surface area contributed by atoms with E-state index in [-0.39, 0.29) is 11.2 Å². The van der Waals surface area contributed by atoms with Crippen LogP contribution in [0.1, 0.15) is 25.7 Å². The zero-order valence-electron chi connectivity index (χ0n) is 10.7. The molecule has 2 rings (SSSR count). The number of hydrogen-bond donors (Lipinski definition) is 1. The molecule has 0 bridgehead atoms. The minimum Gasteiger partial charge on any atom is -0.383 e. The van der Waals surface area contributed by atoms with E-state index in [9.17, 15) is 14.9 Å². The molecular formula is C12H13N4O4. The minimum absolute atomic E-state index is 0.131. The number of nitro groups is 1. The molecule has 1 radical (unpaired) electrons. The number of fused-ring (bicyclic) bond motifs is 1. The zero-order chi connectivity index (χ0) is 14.4. The Morgan fingerprint density at radius 3 is 2.80 bits per heavy atom. The van der Waals surface area contributed by atoms with Crippen LogP contribution in [0.5, 0.6) is 0 Å². The number of nitro benzene ring substituents is 1. The van der Waals surface area contributed by atoms with E-state index in [0.717, 1.165) is 19.3 Å². The van der Waals surface area contributed by atoms with Crippen molar-refractivity contribution in [2.24, 2.45) is 0 Å². The Balaban J connectivity index is 2.01. The molecule has 0 amide bonds. The summed E-state index contributed by atoms with van der Waals surface area (Å²) in [5.41, 5.74) is 0.998. The topological polar surface area (TPSA) is 111 Å². The van der Waals surface area contributed by atoms with Crippen LogP contribution in [-0.4, -0.2) is 28.1 Å². The van der Waals surface area contributed by atoms with Crippen LogP contribution in [0.25, 0.3) is 11.0 Å². The molecule has 2 aromatic rings. The van der Waals surface area contributed by atoms with E-state index in [4.69, 9.17) is 0 Å². The van der Waals surface area contributed by atoms with Crippen molar-refractivity contribution in [2.45, 2.75) is 25.7 Å². The number of unbranched alkanes of at least 4 members (excludes halogenated alkanes) is 3. The van der Waals surface area contributed by atoms with Crippen molar-refractivity contribution in [1.29, 1.82) is 0 Å². The first-order valence-corrected chi connectivity index (χ1v) is 6.22. The van der Waals surface area contributed by atoms with Crippen LogP contribution >= 0.6 is 0 Å². The molecule has 0 atom stereocenters. The maximum Gasteiger partial charge on any atom is 0.300 e. The standard InChI is InChI=1S/C12H13N4O4/c17-8-4-2-1-3-7-13-9-5-6-10(16(18)19)12-11(9)14-20-15-12/h5-6,13H,1-4,7H2. The number of anilines is 1. The molecular weight excluding hydrogens is 264 g/mol. The summed E-state index contributed by atoms with van der Waals surface area (Å²) in [7, 11) is 0. The molecule has 0 aliphatic carbocycles. The summed E-state index contributed by atoms with van der Waals surface area (Å²) in [6.07, 6.45) is 4.91. The third-order valence-corrected chi connectivity index (χ3v) is 2.86. The lowest BCUT2D eigenvalue weighted by Gasteiger charge is -2.05. The van der Waals surface area contributed by atoms with Crippen LogP contribution in [0.15, 0.2) is 16.8 Å². The summed E-state index contributed by atoms with van der Waals surface area (Å²) in [5.74, 6) is 0. The Morgan fingerprint density at radius 1 is 1.25 bits per heavy atom. The molecule has 105 valence electrons. The molecule has 0 spiro atoms. The third kappa shape index (κ3) is 3.08. The Kier molecular flexibility index (Phi) is 4.59. The number of carbonyl (C=O) groups excluding carboxylic acids is 1. The zero-order valence-corrected chi connectivity index (χ0v) is 10.7. The predicted octanol–water partition coefficient (Wildman–Crippen LogP) is 2.21. The number of nitrogens with zero attached hydrogens (tertiary/aromatic N) is 3. The van der Waals surface area contributed by atoms with Gasteiger partial charge in [-0.3, -0.25) is 14.9 Å². The minimum atomic E-state index is -0.522. The van der Waals surface area contributed by atoms with Gasteiger partial charge in [0.1, 0.15) is 0 Å². The van der Waals surface area contributed by atoms with Gasteiger partial charge in [0, 0.05) is 19.0 Å². The largest absolute Gasteiger partial charge is 0.383 e. The van der Waals surface area contributed by atoms with Gasteiger partial charge in [-0.15, -0.1) is 0 Å². The highest BCUT2D eigenvalue weighted by Gasteiger charge is 2.19. The van der Waals surface area contributed by atoms with E-state index in [1.165, 1.54) is 6.07 Å². The first-order chi connectivity index (χ1) is 9.74. The van der Waals surface area contributed by atoms with Crippen molar-refractivity contribution >= 4 is 28.7 Å². The summed E-state index contributed by atoms with van der Waals surface area (Å²) in [6, 6.07) is 2.96. The van der Waals surface area contributed by atoms with E-state index in [1.54, 1.807) is 6.07 Å². The molecule has 20 heavy (non-hydrogen) atoms. The van der Waals surface area contributed by atoms with Crippen LogP contribution < -0.4 is 5.32 Å². The lowest BCUT2D eigenvalue weighted by Crippen LogP contribution is -2.02. The molecule has 0 aliphatic rings. The van der Waals surface area contributed by atoms with Crippen LogP contribution in [-0.2, 0) is 4.79 Å². The molecule has 0 saturated heterocycles. The molecule has 1 aromatic carbocycles. The lowest BCUT2D eigenvalue weighted by molar-refractivity contribution is -0.383. The average molecular weight is 277 g/mol. The highest BCUT2D eigenvalue weighted by molar-refractivity contribution is 5.93. The SMILES string of the molecule is O=[C]CCCCCNc1ccc([N+](=O)[O-])c2nonc12. The van der Waals surface area contributed by atoms with Gasteiger partial charge in [0.15, 0.2) is 11.8 Å². The number of rotatable bonds is 8. The predicted molar refractivity (Wildman–Crippen MR) is 71.1 cm³/mol. The second-order valence-corrected chi connectivity index (χ2v) is 4.23. The molecule has 0 saturated carbocycles. The average Bonchev–Trinajstić information content (AvgIpc) is 2.91. The van der Waals surface area contributed by atoms with E-state index < -0.39 is 4.92 Å². The Hall–Kier alpha value is -2.51. The second kappa shape index (κ2) is 6.60. The summed E-state index contributed by atoms with van der Waals surface area (Å²) in [5, 5.41) is 21.2. The number of benzene rings is 1. The van der Waals surface area contributed by atoms with Crippen molar-refractivity contribution in [3.63, 3.8) is 0 Å². The number of hydrogen-bond acceptors (Lipinski definition) is 7. The van der Waals surface area contributed by atoms with Gasteiger partial charge in [-0.25, -0.2) is 4.63 Å². The quantitative estimate of drug-likeness (QED) is 0.447. The van der Waals surface area contributed by atoms with Gasteiger partial charge in [0.05, 0.1) is 10.6 Å². The van der Waals surface area contributed by atoms with Crippen molar-refractivity contribution in [3.8, 4) is 0 Å². The molecule has 8 heteroatoms. The highest BCUT2D eigenvalue weighted by Crippen LogP contribution is 2.28. The van der Waals surface area contributed by atoms with Gasteiger partial charge in [0.2, 0.25) is 5.52 Å². The van der Waals surface area contributed by atoms with Gasteiger partial charge in [-0.05, 0) is 29.2 Å². The Bertz CT molecular complexity index is 611. The van der Waals surface area contributed by atoms with Gasteiger partial charge in [0.25, 0.3) is 0 Å².